The van der Waals surface area contributed by atoms with Crippen LogP contribution in [0.5, 0.6) is 0 Å². The summed E-state index contributed by atoms with van der Waals surface area (Å²) in [7, 11) is 0. The Morgan fingerprint density at radius 3 is 2.50 bits per heavy atom. The van der Waals surface area contributed by atoms with E-state index in [0.717, 1.165) is 13.0 Å². The van der Waals surface area contributed by atoms with Crippen LogP contribution in [0.4, 0.5) is 0 Å². The van der Waals surface area contributed by atoms with Crippen molar-refractivity contribution in [3.8, 4) is 0 Å². The summed E-state index contributed by atoms with van der Waals surface area (Å²) >= 11 is 0. The second kappa shape index (κ2) is 2.89. The molecule has 0 spiro atoms. The van der Waals surface area contributed by atoms with Crippen LogP contribution in [0, 0.1) is 5.41 Å². The molecule has 60 valence electrons. The molecule has 1 aliphatic rings. The van der Waals surface area contributed by atoms with Gasteiger partial charge in [-0.15, -0.1) is 0 Å². The van der Waals surface area contributed by atoms with Gasteiger partial charge in [0.15, 0.2) is 0 Å². The van der Waals surface area contributed by atoms with E-state index in [4.69, 9.17) is 9.47 Å². The van der Waals surface area contributed by atoms with E-state index in [1.54, 1.807) is 0 Å². The zero-order valence-electron chi connectivity index (χ0n) is 7.02. The summed E-state index contributed by atoms with van der Waals surface area (Å²) in [6.07, 6.45) is 1.42. The van der Waals surface area contributed by atoms with Crippen LogP contribution in [0.25, 0.3) is 0 Å². The first-order valence-electron chi connectivity index (χ1n) is 3.77. The first-order valence-corrected chi connectivity index (χ1v) is 3.77. The van der Waals surface area contributed by atoms with E-state index in [1.165, 1.54) is 0 Å². The number of hydrogen-bond donors (Lipinski definition) is 0. The lowest BCUT2D eigenvalue weighted by atomic mass is 9.89. The van der Waals surface area contributed by atoms with Crippen LogP contribution in [0.1, 0.15) is 27.2 Å². The third kappa shape index (κ3) is 2.67. The highest BCUT2D eigenvalue weighted by molar-refractivity contribution is 4.70. The molecule has 0 aromatic heterocycles. The van der Waals surface area contributed by atoms with Crippen molar-refractivity contribution in [3.63, 3.8) is 0 Å². The number of ether oxygens (including phenoxy) is 2. The molecule has 1 aliphatic heterocycles. The second-order valence-corrected chi connectivity index (χ2v) is 4.04. The Hall–Kier alpha value is -0.0800. The molecule has 10 heavy (non-hydrogen) atoms. The Bertz CT molecular complexity index is 98.3. The summed E-state index contributed by atoms with van der Waals surface area (Å²) in [4.78, 5) is 0. The van der Waals surface area contributed by atoms with Crippen molar-refractivity contribution >= 4 is 0 Å². The molecule has 2 heteroatoms. The van der Waals surface area contributed by atoms with Gasteiger partial charge < -0.3 is 9.47 Å². The van der Waals surface area contributed by atoms with Gasteiger partial charge in [0.1, 0.15) is 6.79 Å². The van der Waals surface area contributed by atoms with Gasteiger partial charge in [0.25, 0.3) is 0 Å². The Balaban J connectivity index is 2.24. The summed E-state index contributed by atoms with van der Waals surface area (Å²) in [5, 5.41) is 0. The lowest BCUT2D eigenvalue weighted by Crippen LogP contribution is -2.19. The third-order valence-electron chi connectivity index (χ3n) is 1.53. The molecule has 0 amide bonds. The summed E-state index contributed by atoms with van der Waals surface area (Å²) in [6.45, 7) is 7.91. The Morgan fingerprint density at radius 2 is 2.10 bits per heavy atom. The molecule has 0 radical (unpaired) electrons. The molecule has 1 heterocycles. The fourth-order valence-electron chi connectivity index (χ4n) is 1.17. The average molecular weight is 144 g/mol. The minimum atomic E-state index is 0.333. The quantitative estimate of drug-likeness (QED) is 0.558. The van der Waals surface area contributed by atoms with E-state index < -0.39 is 0 Å². The molecule has 1 fully saturated rings. The normalized spacial score (nSPS) is 27.3. The number of hydrogen-bond acceptors (Lipinski definition) is 2. The minimum absolute atomic E-state index is 0.333. The van der Waals surface area contributed by atoms with Crippen LogP contribution in [0.3, 0.4) is 0 Å². The van der Waals surface area contributed by atoms with Crippen molar-refractivity contribution in [2.24, 2.45) is 5.41 Å². The van der Waals surface area contributed by atoms with Gasteiger partial charge in [0, 0.05) is 0 Å². The summed E-state index contributed by atoms with van der Waals surface area (Å²) in [6, 6.07) is 0. The maximum Gasteiger partial charge on any atom is 0.147 e. The van der Waals surface area contributed by atoms with E-state index >= 15 is 0 Å². The first-order chi connectivity index (χ1) is 4.58. The number of rotatable bonds is 1. The van der Waals surface area contributed by atoms with Crippen LogP contribution in [0.15, 0.2) is 0 Å². The van der Waals surface area contributed by atoms with Gasteiger partial charge in [-0.3, -0.25) is 0 Å². The summed E-state index contributed by atoms with van der Waals surface area (Å²) in [5.74, 6) is 0. The molecule has 0 saturated carbocycles. The predicted molar refractivity (Wildman–Crippen MR) is 39.8 cm³/mol. The largest absolute Gasteiger partial charge is 0.353 e. The molecule has 0 N–H and O–H groups in total. The highest BCUT2D eigenvalue weighted by Crippen LogP contribution is 2.24. The highest BCUT2D eigenvalue weighted by atomic mass is 16.7. The Morgan fingerprint density at radius 1 is 1.40 bits per heavy atom. The van der Waals surface area contributed by atoms with Gasteiger partial charge in [0.05, 0.1) is 12.7 Å². The maximum atomic E-state index is 5.31. The van der Waals surface area contributed by atoms with E-state index in [2.05, 4.69) is 20.8 Å². The van der Waals surface area contributed by atoms with Crippen LogP contribution in [-0.2, 0) is 9.47 Å². The van der Waals surface area contributed by atoms with Gasteiger partial charge in [0.2, 0.25) is 0 Å². The molecular weight excluding hydrogens is 128 g/mol. The monoisotopic (exact) mass is 144 g/mol. The zero-order valence-corrected chi connectivity index (χ0v) is 7.02. The van der Waals surface area contributed by atoms with Crippen LogP contribution >= 0.6 is 0 Å². The molecule has 0 bridgehead atoms. The molecule has 1 unspecified atom stereocenters. The lowest BCUT2D eigenvalue weighted by molar-refractivity contribution is 0.0351. The average Bonchev–Trinajstić information content (AvgIpc) is 2.12. The van der Waals surface area contributed by atoms with Crippen molar-refractivity contribution in [2.45, 2.75) is 33.3 Å². The molecule has 1 saturated heterocycles. The Kier molecular flexibility index (Phi) is 2.32. The molecule has 0 aromatic rings. The zero-order chi connectivity index (χ0) is 7.61. The van der Waals surface area contributed by atoms with E-state index in [1.807, 2.05) is 0 Å². The second-order valence-electron chi connectivity index (χ2n) is 4.04. The van der Waals surface area contributed by atoms with Gasteiger partial charge in [-0.2, -0.15) is 0 Å². The lowest BCUT2D eigenvalue weighted by Gasteiger charge is -2.20. The molecule has 0 aromatic carbocycles. The van der Waals surface area contributed by atoms with Gasteiger partial charge in [-0.1, -0.05) is 20.8 Å². The summed E-state index contributed by atoms with van der Waals surface area (Å²) < 4.78 is 10.4. The van der Waals surface area contributed by atoms with Gasteiger partial charge in [-0.05, 0) is 11.8 Å². The van der Waals surface area contributed by atoms with Gasteiger partial charge in [-0.25, -0.2) is 0 Å². The predicted octanol–water partition coefficient (Wildman–Crippen LogP) is 1.80. The summed E-state index contributed by atoms with van der Waals surface area (Å²) in [5.41, 5.74) is 0.359. The topological polar surface area (TPSA) is 18.5 Å². The van der Waals surface area contributed by atoms with E-state index in [9.17, 15) is 0 Å². The van der Waals surface area contributed by atoms with Crippen molar-refractivity contribution in [1.82, 2.24) is 0 Å². The van der Waals surface area contributed by atoms with Crippen molar-refractivity contribution < 1.29 is 9.47 Å². The third-order valence-corrected chi connectivity index (χ3v) is 1.53. The van der Waals surface area contributed by atoms with E-state index in [-0.39, 0.29) is 0 Å². The molecule has 0 aliphatic carbocycles. The van der Waals surface area contributed by atoms with Crippen molar-refractivity contribution in [1.29, 1.82) is 0 Å². The fourth-order valence-corrected chi connectivity index (χ4v) is 1.17. The molecule has 1 rings (SSSR count). The molecule has 2 nitrogen and oxygen atoms in total. The first kappa shape index (κ1) is 8.02. The van der Waals surface area contributed by atoms with Crippen molar-refractivity contribution in [2.75, 3.05) is 13.4 Å². The van der Waals surface area contributed by atoms with E-state index in [0.29, 0.717) is 18.3 Å². The van der Waals surface area contributed by atoms with Crippen molar-refractivity contribution in [3.05, 3.63) is 0 Å². The highest BCUT2D eigenvalue weighted by Gasteiger charge is 2.22. The minimum Gasteiger partial charge on any atom is -0.353 e. The van der Waals surface area contributed by atoms with Crippen LogP contribution in [-0.4, -0.2) is 19.5 Å². The maximum absolute atomic E-state index is 5.31. The SMILES string of the molecule is CC(C)(C)CC1COCO1. The molecule has 1 atom stereocenters. The standard InChI is InChI=1S/C8H16O2/c1-8(2,3)4-7-5-9-6-10-7/h7H,4-6H2,1-3H3. The van der Waals surface area contributed by atoms with Crippen LogP contribution in [0.2, 0.25) is 0 Å². The smallest absolute Gasteiger partial charge is 0.147 e. The molecular formula is C8H16O2. The van der Waals surface area contributed by atoms with Crippen LogP contribution < -0.4 is 0 Å². The Labute approximate surface area is 62.5 Å². The fraction of sp³-hybridized carbons (Fsp3) is 1.00. The van der Waals surface area contributed by atoms with Gasteiger partial charge >= 0.3 is 0 Å².